The summed E-state index contributed by atoms with van der Waals surface area (Å²) >= 11 is 0. The number of nitriles is 1. The first kappa shape index (κ1) is 16.0. The Morgan fingerprint density at radius 1 is 1.22 bits per heavy atom. The van der Waals surface area contributed by atoms with Crippen LogP contribution < -0.4 is 10.6 Å². The van der Waals surface area contributed by atoms with Gasteiger partial charge in [-0.1, -0.05) is 18.2 Å². The van der Waals surface area contributed by atoms with Gasteiger partial charge >= 0.3 is 0 Å². The Bertz CT molecular complexity index is 768. The zero-order valence-corrected chi connectivity index (χ0v) is 12.2. The molecule has 0 unspecified atom stereocenters. The summed E-state index contributed by atoms with van der Waals surface area (Å²) in [5.74, 6) is -0.244. The molecule has 0 spiro atoms. The number of hydrogen-bond donors (Lipinski definition) is 2. The molecule has 2 N–H and O–H groups in total. The number of nitro groups is 1. The van der Waals surface area contributed by atoms with Crippen molar-refractivity contribution in [1.29, 1.82) is 5.26 Å². The average molecular weight is 310 g/mol. The van der Waals surface area contributed by atoms with Gasteiger partial charge in [-0.2, -0.15) is 5.26 Å². The van der Waals surface area contributed by atoms with Crippen molar-refractivity contribution >= 4 is 23.0 Å². The predicted molar refractivity (Wildman–Crippen MR) is 86.0 cm³/mol. The molecule has 1 amide bonds. The fourth-order valence-corrected chi connectivity index (χ4v) is 1.98. The number of rotatable bonds is 6. The lowest BCUT2D eigenvalue weighted by molar-refractivity contribution is -0.384. The molecule has 0 aromatic heterocycles. The van der Waals surface area contributed by atoms with E-state index in [1.807, 2.05) is 6.07 Å². The van der Waals surface area contributed by atoms with Crippen molar-refractivity contribution in [2.45, 2.75) is 6.42 Å². The number of nitrogens with one attached hydrogen (secondary N) is 2. The van der Waals surface area contributed by atoms with E-state index >= 15 is 0 Å². The minimum atomic E-state index is -0.476. The molecular weight excluding hydrogens is 296 g/mol. The van der Waals surface area contributed by atoms with Gasteiger partial charge in [0.05, 0.1) is 16.6 Å². The minimum absolute atomic E-state index is 0.0328. The zero-order chi connectivity index (χ0) is 16.7. The topological polar surface area (TPSA) is 108 Å². The van der Waals surface area contributed by atoms with Crippen LogP contribution in [0.1, 0.15) is 12.0 Å². The van der Waals surface area contributed by atoms with Crippen LogP contribution in [0.3, 0.4) is 0 Å². The third-order valence-electron chi connectivity index (χ3n) is 3.04. The van der Waals surface area contributed by atoms with Gasteiger partial charge in [-0.05, 0) is 24.3 Å². The highest BCUT2D eigenvalue weighted by Crippen LogP contribution is 2.22. The fourth-order valence-electron chi connectivity index (χ4n) is 1.98. The van der Waals surface area contributed by atoms with E-state index in [9.17, 15) is 14.9 Å². The number of carbonyl (C=O) groups excluding carboxylic acids is 1. The van der Waals surface area contributed by atoms with Crippen LogP contribution in [0, 0.1) is 21.4 Å². The van der Waals surface area contributed by atoms with E-state index in [2.05, 4.69) is 10.6 Å². The molecule has 7 heteroatoms. The molecule has 7 nitrogen and oxygen atoms in total. The van der Waals surface area contributed by atoms with Gasteiger partial charge in [0.2, 0.25) is 5.91 Å². The number of nitro benzene ring substituents is 1. The van der Waals surface area contributed by atoms with Crippen LogP contribution in [-0.4, -0.2) is 17.4 Å². The smallest absolute Gasteiger partial charge is 0.292 e. The molecule has 116 valence electrons. The average Bonchev–Trinajstić information content (AvgIpc) is 2.55. The Morgan fingerprint density at radius 3 is 2.74 bits per heavy atom. The molecule has 0 aliphatic rings. The van der Waals surface area contributed by atoms with Crippen molar-refractivity contribution in [3.8, 4) is 6.07 Å². The van der Waals surface area contributed by atoms with Gasteiger partial charge in [-0.25, -0.2) is 0 Å². The molecule has 2 aromatic rings. The minimum Gasteiger partial charge on any atom is -0.379 e. The Hall–Kier alpha value is -3.40. The number of carbonyl (C=O) groups is 1. The Morgan fingerprint density at radius 2 is 2.00 bits per heavy atom. The first-order valence-electron chi connectivity index (χ1n) is 6.87. The Labute approximate surface area is 132 Å². The summed E-state index contributed by atoms with van der Waals surface area (Å²) in [4.78, 5) is 22.3. The van der Waals surface area contributed by atoms with Crippen molar-refractivity contribution in [2.75, 3.05) is 17.2 Å². The van der Waals surface area contributed by atoms with Crippen LogP contribution in [0.2, 0.25) is 0 Å². The van der Waals surface area contributed by atoms with Gasteiger partial charge in [-0.15, -0.1) is 0 Å². The molecule has 2 aromatic carbocycles. The molecule has 0 fully saturated rings. The van der Waals surface area contributed by atoms with E-state index in [1.54, 1.807) is 42.5 Å². The van der Waals surface area contributed by atoms with E-state index in [4.69, 9.17) is 5.26 Å². The number of hydrogen-bond acceptors (Lipinski definition) is 5. The summed E-state index contributed by atoms with van der Waals surface area (Å²) in [5.41, 5.74) is 1.34. The summed E-state index contributed by atoms with van der Waals surface area (Å²) in [6.45, 7) is 0.259. The normalized spacial score (nSPS) is 9.70. The zero-order valence-electron chi connectivity index (χ0n) is 12.2. The van der Waals surface area contributed by atoms with Crippen molar-refractivity contribution in [1.82, 2.24) is 0 Å². The lowest BCUT2D eigenvalue weighted by atomic mass is 10.2. The van der Waals surface area contributed by atoms with Gasteiger partial charge in [-0.3, -0.25) is 14.9 Å². The predicted octanol–water partition coefficient (Wildman–Crippen LogP) is 2.91. The van der Waals surface area contributed by atoms with Gasteiger partial charge in [0.25, 0.3) is 5.69 Å². The largest absolute Gasteiger partial charge is 0.379 e. The first-order valence-corrected chi connectivity index (χ1v) is 6.87. The monoisotopic (exact) mass is 310 g/mol. The fraction of sp³-hybridized carbons (Fsp3) is 0.125. The number of anilines is 2. The van der Waals surface area contributed by atoms with Crippen LogP contribution in [0.15, 0.2) is 48.5 Å². The van der Waals surface area contributed by atoms with E-state index in [-0.39, 0.29) is 24.6 Å². The second-order valence-corrected chi connectivity index (χ2v) is 4.69. The summed E-state index contributed by atoms with van der Waals surface area (Å²) in [6.07, 6.45) is 0.142. The van der Waals surface area contributed by atoms with Crippen molar-refractivity contribution < 1.29 is 9.72 Å². The summed E-state index contributed by atoms with van der Waals surface area (Å²) < 4.78 is 0. The lowest BCUT2D eigenvalue weighted by Gasteiger charge is -2.08. The Balaban J connectivity index is 1.88. The molecule has 23 heavy (non-hydrogen) atoms. The quantitative estimate of drug-likeness (QED) is 0.630. The molecule has 2 rings (SSSR count). The highest BCUT2D eigenvalue weighted by molar-refractivity contribution is 5.91. The highest BCUT2D eigenvalue weighted by Gasteiger charge is 2.12. The Kier molecular flexibility index (Phi) is 5.25. The summed E-state index contributed by atoms with van der Waals surface area (Å²) in [5, 5.41) is 25.2. The molecule has 0 radical (unpaired) electrons. The van der Waals surface area contributed by atoms with Crippen molar-refractivity contribution in [2.24, 2.45) is 0 Å². The van der Waals surface area contributed by atoms with Gasteiger partial charge in [0.1, 0.15) is 5.69 Å². The van der Waals surface area contributed by atoms with Crippen molar-refractivity contribution in [3.05, 3.63) is 64.2 Å². The second-order valence-electron chi connectivity index (χ2n) is 4.69. The van der Waals surface area contributed by atoms with Crippen LogP contribution in [0.4, 0.5) is 17.1 Å². The van der Waals surface area contributed by atoms with Crippen LogP contribution in [0.5, 0.6) is 0 Å². The second kappa shape index (κ2) is 7.56. The number of amides is 1. The third-order valence-corrected chi connectivity index (χ3v) is 3.04. The molecule has 0 heterocycles. The van der Waals surface area contributed by atoms with E-state index in [1.165, 1.54) is 6.07 Å². The molecule has 0 saturated carbocycles. The van der Waals surface area contributed by atoms with Gasteiger partial charge in [0, 0.05) is 24.7 Å². The molecule has 0 aliphatic carbocycles. The number of benzene rings is 2. The third kappa shape index (κ3) is 4.54. The maximum Gasteiger partial charge on any atom is 0.292 e. The maximum absolute atomic E-state index is 11.9. The number of para-hydroxylation sites is 2. The van der Waals surface area contributed by atoms with Crippen molar-refractivity contribution in [3.63, 3.8) is 0 Å². The van der Waals surface area contributed by atoms with Crippen LogP contribution in [0.25, 0.3) is 0 Å². The molecule has 0 atom stereocenters. The molecule has 0 bridgehead atoms. The highest BCUT2D eigenvalue weighted by atomic mass is 16.6. The standard InChI is InChI=1S/C16H14N4O3/c17-11-12-4-3-5-13(10-12)19-16(21)8-9-18-14-6-1-2-7-15(14)20(22)23/h1-7,10,18H,8-9H2,(H,19,21). The van der Waals surface area contributed by atoms with Gasteiger partial charge < -0.3 is 10.6 Å². The SMILES string of the molecule is N#Cc1cccc(NC(=O)CCNc2ccccc2[N+](=O)[O-])c1. The first-order chi connectivity index (χ1) is 11.1. The maximum atomic E-state index is 11.9. The lowest BCUT2D eigenvalue weighted by Crippen LogP contribution is -2.16. The van der Waals surface area contributed by atoms with E-state index in [0.717, 1.165) is 0 Å². The van der Waals surface area contributed by atoms with Crippen LogP contribution in [-0.2, 0) is 4.79 Å². The molecular formula is C16H14N4O3. The molecule has 0 aliphatic heterocycles. The molecule has 0 saturated heterocycles. The van der Waals surface area contributed by atoms with E-state index < -0.39 is 4.92 Å². The summed E-state index contributed by atoms with van der Waals surface area (Å²) in [6, 6.07) is 14.8. The van der Waals surface area contributed by atoms with Gasteiger partial charge in [0.15, 0.2) is 0 Å². The number of nitrogens with zero attached hydrogens (tertiary/aromatic N) is 2. The van der Waals surface area contributed by atoms with E-state index in [0.29, 0.717) is 16.9 Å². The summed E-state index contributed by atoms with van der Waals surface area (Å²) in [7, 11) is 0. The van der Waals surface area contributed by atoms with Crippen LogP contribution >= 0.6 is 0 Å².